The fourth-order valence-electron chi connectivity index (χ4n) is 2.01. The van der Waals surface area contributed by atoms with Crippen molar-refractivity contribution in [2.75, 3.05) is 6.54 Å². The number of amides is 2. The average molecular weight is 300 g/mol. The lowest BCUT2D eigenvalue weighted by Crippen LogP contribution is -2.30. The normalized spacial score (nSPS) is 10.7. The third-order valence-corrected chi connectivity index (χ3v) is 3.09. The van der Waals surface area contributed by atoms with Crippen LogP contribution in [0.15, 0.2) is 36.5 Å². The van der Waals surface area contributed by atoms with E-state index in [1.165, 1.54) is 10.9 Å². The van der Waals surface area contributed by atoms with Crippen molar-refractivity contribution >= 4 is 11.8 Å². The molecule has 0 radical (unpaired) electrons. The van der Waals surface area contributed by atoms with E-state index >= 15 is 0 Å². The molecule has 0 bridgehead atoms. The van der Waals surface area contributed by atoms with E-state index < -0.39 is 5.91 Å². The zero-order valence-electron chi connectivity index (χ0n) is 12.7. The number of rotatable bonds is 6. The van der Waals surface area contributed by atoms with Crippen molar-refractivity contribution in [3.8, 4) is 11.3 Å². The molecule has 2 rings (SSSR count). The molecule has 0 aliphatic heterocycles. The highest BCUT2D eigenvalue weighted by Crippen LogP contribution is 2.21. The number of primary amides is 1. The number of hydrogen-bond donors (Lipinski definition) is 2. The van der Waals surface area contributed by atoms with Crippen LogP contribution < -0.4 is 11.1 Å². The minimum absolute atomic E-state index is 0.0554. The summed E-state index contributed by atoms with van der Waals surface area (Å²) in [6.45, 7) is 4.70. The van der Waals surface area contributed by atoms with E-state index in [-0.39, 0.29) is 12.5 Å². The summed E-state index contributed by atoms with van der Waals surface area (Å²) in [6, 6.07) is 9.28. The zero-order valence-corrected chi connectivity index (χ0v) is 12.7. The number of aromatic nitrogens is 2. The quantitative estimate of drug-likeness (QED) is 0.845. The van der Waals surface area contributed by atoms with E-state index in [1.807, 2.05) is 44.2 Å². The Bertz CT molecular complexity index is 662. The monoisotopic (exact) mass is 300 g/mol. The molecule has 3 N–H and O–H groups in total. The van der Waals surface area contributed by atoms with Crippen LogP contribution in [0.4, 0.5) is 0 Å². The lowest BCUT2D eigenvalue weighted by Gasteiger charge is -2.07. The first kappa shape index (κ1) is 15.8. The van der Waals surface area contributed by atoms with Crippen molar-refractivity contribution in [1.82, 2.24) is 15.1 Å². The molecule has 2 aromatic rings. The molecule has 2 amide bonds. The Morgan fingerprint density at radius 3 is 2.55 bits per heavy atom. The van der Waals surface area contributed by atoms with Gasteiger partial charge in [0.25, 0.3) is 5.91 Å². The van der Waals surface area contributed by atoms with Gasteiger partial charge >= 0.3 is 0 Å². The van der Waals surface area contributed by atoms with Gasteiger partial charge in [0.15, 0.2) is 0 Å². The molecule has 116 valence electrons. The molecule has 1 aromatic carbocycles. The van der Waals surface area contributed by atoms with Gasteiger partial charge in [0, 0.05) is 18.3 Å². The maximum absolute atomic E-state index is 11.9. The molecule has 22 heavy (non-hydrogen) atoms. The van der Waals surface area contributed by atoms with Gasteiger partial charge in [0.05, 0.1) is 5.56 Å². The third kappa shape index (κ3) is 3.94. The van der Waals surface area contributed by atoms with Crippen LogP contribution in [0.1, 0.15) is 24.2 Å². The minimum atomic E-state index is -0.562. The molecule has 6 nitrogen and oxygen atoms in total. The SMILES string of the molecule is CC(C)CNC(=O)Cn1cc(C(N)=O)c(-c2ccccc2)n1. The van der Waals surface area contributed by atoms with Gasteiger partial charge in [-0.15, -0.1) is 0 Å². The topological polar surface area (TPSA) is 90.0 Å². The Kier molecular flexibility index (Phi) is 4.93. The van der Waals surface area contributed by atoms with E-state index in [0.29, 0.717) is 23.7 Å². The lowest BCUT2D eigenvalue weighted by atomic mass is 10.1. The van der Waals surface area contributed by atoms with E-state index in [1.54, 1.807) is 0 Å². The summed E-state index contributed by atoms with van der Waals surface area (Å²) in [5, 5.41) is 7.14. The van der Waals surface area contributed by atoms with E-state index in [0.717, 1.165) is 5.56 Å². The largest absolute Gasteiger partial charge is 0.365 e. The number of hydrogen-bond acceptors (Lipinski definition) is 3. The van der Waals surface area contributed by atoms with Crippen LogP contribution in [0.2, 0.25) is 0 Å². The number of nitrogens with two attached hydrogens (primary N) is 1. The lowest BCUT2D eigenvalue weighted by molar-refractivity contribution is -0.122. The number of nitrogens with zero attached hydrogens (tertiary/aromatic N) is 2. The average Bonchev–Trinajstić information content (AvgIpc) is 2.90. The number of carbonyl (C=O) groups is 2. The fraction of sp³-hybridized carbons (Fsp3) is 0.312. The van der Waals surface area contributed by atoms with Gasteiger partial charge in [0.1, 0.15) is 12.2 Å². The summed E-state index contributed by atoms with van der Waals surface area (Å²) in [4.78, 5) is 23.4. The summed E-state index contributed by atoms with van der Waals surface area (Å²) >= 11 is 0. The molecule has 1 heterocycles. The minimum Gasteiger partial charge on any atom is -0.365 e. The Morgan fingerprint density at radius 1 is 1.27 bits per heavy atom. The molecule has 0 aliphatic rings. The Hall–Kier alpha value is -2.63. The van der Waals surface area contributed by atoms with E-state index in [4.69, 9.17) is 5.73 Å². The standard InChI is InChI=1S/C16H20N4O2/c1-11(2)8-18-14(21)10-20-9-13(16(17)22)15(19-20)12-6-4-3-5-7-12/h3-7,9,11H,8,10H2,1-2H3,(H2,17,22)(H,18,21). The van der Waals surface area contributed by atoms with Gasteiger partial charge < -0.3 is 11.1 Å². The third-order valence-electron chi connectivity index (χ3n) is 3.09. The molecule has 0 fully saturated rings. The van der Waals surface area contributed by atoms with Gasteiger partial charge in [0.2, 0.25) is 5.91 Å². The highest BCUT2D eigenvalue weighted by atomic mass is 16.2. The van der Waals surface area contributed by atoms with Crippen LogP contribution in [0.25, 0.3) is 11.3 Å². The smallest absolute Gasteiger partial charge is 0.252 e. The summed E-state index contributed by atoms with van der Waals surface area (Å²) in [6.07, 6.45) is 1.51. The first-order valence-corrected chi connectivity index (χ1v) is 7.16. The predicted octanol–water partition coefficient (Wildman–Crippen LogP) is 1.42. The second kappa shape index (κ2) is 6.89. The van der Waals surface area contributed by atoms with Crippen LogP contribution in [0.5, 0.6) is 0 Å². The highest BCUT2D eigenvalue weighted by Gasteiger charge is 2.16. The van der Waals surface area contributed by atoms with Gasteiger partial charge in [-0.2, -0.15) is 5.10 Å². The van der Waals surface area contributed by atoms with Gasteiger partial charge in [-0.25, -0.2) is 0 Å². The van der Waals surface area contributed by atoms with Crippen molar-refractivity contribution in [1.29, 1.82) is 0 Å². The first-order chi connectivity index (χ1) is 10.5. The predicted molar refractivity (Wildman–Crippen MR) is 84.0 cm³/mol. The molecule has 0 saturated heterocycles. The van der Waals surface area contributed by atoms with Crippen LogP contribution >= 0.6 is 0 Å². The molecular weight excluding hydrogens is 280 g/mol. The maximum Gasteiger partial charge on any atom is 0.252 e. The fourth-order valence-corrected chi connectivity index (χ4v) is 2.01. The molecule has 0 aliphatic carbocycles. The van der Waals surface area contributed by atoms with Gasteiger partial charge in [-0.05, 0) is 5.92 Å². The Labute approximate surface area is 129 Å². The first-order valence-electron chi connectivity index (χ1n) is 7.16. The maximum atomic E-state index is 11.9. The molecule has 0 atom stereocenters. The van der Waals surface area contributed by atoms with E-state index in [2.05, 4.69) is 10.4 Å². The molecule has 1 aromatic heterocycles. The second-order valence-electron chi connectivity index (χ2n) is 5.52. The summed E-state index contributed by atoms with van der Waals surface area (Å²) < 4.78 is 1.44. The van der Waals surface area contributed by atoms with Crippen molar-refractivity contribution in [3.05, 3.63) is 42.1 Å². The Balaban J connectivity index is 2.21. The molecule has 0 unspecified atom stereocenters. The Morgan fingerprint density at radius 2 is 1.95 bits per heavy atom. The van der Waals surface area contributed by atoms with Crippen molar-refractivity contribution < 1.29 is 9.59 Å². The van der Waals surface area contributed by atoms with E-state index in [9.17, 15) is 9.59 Å². The second-order valence-corrected chi connectivity index (χ2v) is 5.52. The van der Waals surface area contributed by atoms with Gasteiger partial charge in [-0.1, -0.05) is 44.2 Å². The number of benzene rings is 1. The van der Waals surface area contributed by atoms with Crippen molar-refractivity contribution in [2.24, 2.45) is 11.7 Å². The molecular formula is C16H20N4O2. The molecule has 0 spiro atoms. The number of nitrogens with one attached hydrogen (secondary N) is 1. The van der Waals surface area contributed by atoms with Crippen LogP contribution in [-0.4, -0.2) is 28.1 Å². The molecule has 0 saturated carbocycles. The highest BCUT2D eigenvalue weighted by molar-refractivity contribution is 5.98. The van der Waals surface area contributed by atoms with Crippen LogP contribution in [0, 0.1) is 5.92 Å². The summed E-state index contributed by atoms with van der Waals surface area (Å²) in [5.41, 5.74) is 6.99. The van der Waals surface area contributed by atoms with Crippen LogP contribution in [0.3, 0.4) is 0 Å². The van der Waals surface area contributed by atoms with Crippen molar-refractivity contribution in [3.63, 3.8) is 0 Å². The summed E-state index contributed by atoms with van der Waals surface area (Å²) in [7, 11) is 0. The van der Waals surface area contributed by atoms with Crippen LogP contribution in [-0.2, 0) is 11.3 Å². The number of carbonyl (C=O) groups excluding carboxylic acids is 2. The summed E-state index contributed by atoms with van der Waals surface area (Å²) in [5.74, 6) is -0.331. The zero-order chi connectivity index (χ0) is 16.1. The van der Waals surface area contributed by atoms with Gasteiger partial charge in [-0.3, -0.25) is 14.3 Å². The van der Waals surface area contributed by atoms with Crippen molar-refractivity contribution in [2.45, 2.75) is 20.4 Å². The molecule has 6 heteroatoms.